The largest absolute Gasteiger partial charge is 0.387 e. The molecule has 0 unspecified atom stereocenters. The van der Waals surface area contributed by atoms with E-state index in [9.17, 15) is 0 Å². The summed E-state index contributed by atoms with van der Waals surface area (Å²) in [6.07, 6.45) is 1.69. The predicted molar refractivity (Wildman–Crippen MR) is 52.7 cm³/mol. The fraction of sp³-hybridized carbons (Fsp3) is 0.167. The average molecular weight is 196 g/mol. The van der Waals surface area contributed by atoms with E-state index in [0.717, 1.165) is 5.69 Å². The molecule has 11 heavy (non-hydrogen) atoms. The molecule has 3 N–H and O–H groups in total. The van der Waals surface area contributed by atoms with Gasteiger partial charge in [-0.3, -0.25) is 0 Å². The van der Waals surface area contributed by atoms with Crippen molar-refractivity contribution in [2.24, 2.45) is 0 Å². The topological polar surface area (TPSA) is 50.9 Å². The van der Waals surface area contributed by atoms with Gasteiger partial charge in [0.2, 0.25) is 0 Å². The second-order valence-electron chi connectivity index (χ2n) is 1.72. The molecule has 0 aliphatic rings. The van der Waals surface area contributed by atoms with Gasteiger partial charge in [-0.25, -0.2) is 4.98 Å². The lowest BCUT2D eigenvalue weighted by Crippen LogP contribution is -1.91. The smallest absolute Gasteiger partial charge is 0.123 e. The van der Waals surface area contributed by atoms with Crippen molar-refractivity contribution in [3.05, 3.63) is 18.3 Å². The van der Waals surface area contributed by atoms with E-state index in [1.165, 1.54) is 0 Å². The van der Waals surface area contributed by atoms with E-state index >= 15 is 0 Å². The van der Waals surface area contributed by atoms with Gasteiger partial charge in [-0.05, 0) is 12.1 Å². The maximum absolute atomic E-state index is 5.34. The van der Waals surface area contributed by atoms with Crippen LogP contribution in [0.5, 0.6) is 0 Å². The molecular formula is C6H11Cl2N3. The van der Waals surface area contributed by atoms with Crippen LogP contribution in [0.15, 0.2) is 18.3 Å². The molecule has 3 nitrogen and oxygen atoms in total. The third-order valence-corrected chi connectivity index (χ3v) is 1.08. The lowest BCUT2D eigenvalue weighted by Gasteiger charge is -1.96. The summed E-state index contributed by atoms with van der Waals surface area (Å²) in [7, 11) is 1.84. The SMILES string of the molecule is CNc1ccc(N)nc1.Cl.Cl. The number of nitrogen functional groups attached to an aromatic ring is 1. The van der Waals surface area contributed by atoms with Gasteiger partial charge in [0.1, 0.15) is 5.82 Å². The Morgan fingerprint density at radius 1 is 1.36 bits per heavy atom. The second kappa shape index (κ2) is 6.07. The standard InChI is InChI=1S/C6H9N3.2ClH/c1-8-5-2-3-6(7)9-4-5;;/h2-4,8H,1H3,(H2,7,9);2*1H. The molecule has 0 amide bonds. The van der Waals surface area contributed by atoms with Crippen LogP contribution in [0.1, 0.15) is 0 Å². The Kier molecular flexibility index (Phi) is 7.15. The number of hydrogen-bond acceptors (Lipinski definition) is 3. The Morgan fingerprint density at radius 3 is 2.36 bits per heavy atom. The van der Waals surface area contributed by atoms with Gasteiger partial charge >= 0.3 is 0 Å². The molecule has 0 aromatic carbocycles. The van der Waals surface area contributed by atoms with E-state index in [2.05, 4.69) is 10.3 Å². The first-order valence-electron chi connectivity index (χ1n) is 2.72. The van der Waals surface area contributed by atoms with Crippen molar-refractivity contribution < 1.29 is 0 Å². The summed E-state index contributed by atoms with van der Waals surface area (Å²) < 4.78 is 0. The first-order valence-corrected chi connectivity index (χ1v) is 2.72. The van der Waals surface area contributed by atoms with E-state index in [-0.39, 0.29) is 24.8 Å². The molecule has 0 radical (unpaired) electrons. The zero-order chi connectivity index (χ0) is 6.69. The lowest BCUT2D eigenvalue weighted by atomic mass is 10.4. The lowest BCUT2D eigenvalue weighted by molar-refractivity contribution is 1.32. The van der Waals surface area contributed by atoms with Crippen LogP contribution in [0.25, 0.3) is 0 Å². The maximum atomic E-state index is 5.34. The molecule has 1 rings (SSSR count). The average Bonchev–Trinajstić information content (AvgIpc) is 1.90. The fourth-order valence-corrected chi connectivity index (χ4v) is 0.553. The van der Waals surface area contributed by atoms with Gasteiger partial charge in [0.05, 0.1) is 11.9 Å². The summed E-state index contributed by atoms with van der Waals surface area (Å²) >= 11 is 0. The maximum Gasteiger partial charge on any atom is 0.123 e. The Balaban J connectivity index is 0. The molecule has 0 atom stereocenters. The third kappa shape index (κ3) is 3.91. The molecule has 64 valence electrons. The molecule has 0 saturated carbocycles. The minimum atomic E-state index is 0. The molecule has 5 heteroatoms. The molecule has 1 aromatic heterocycles. The number of nitrogens with one attached hydrogen (secondary N) is 1. The van der Waals surface area contributed by atoms with Crippen LogP contribution in [-0.2, 0) is 0 Å². The highest BCUT2D eigenvalue weighted by molar-refractivity contribution is 5.85. The number of halogens is 2. The molecule has 0 fully saturated rings. The number of nitrogens with two attached hydrogens (primary N) is 1. The minimum absolute atomic E-state index is 0. The molecule has 0 aliphatic heterocycles. The van der Waals surface area contributed by atoms with Crippen molar-refractivity contribution in [1.29, 1.82) is 0 Å². The zero-order valence-corrected chi connectivity index (χ0v) is 7.71. The van der Waals surface area contributed by atoms with Crippen molar-refractivity contribution in [2.75, 3.05) is 18.1 Å². The van der Waals surface area contributed by atoms with Crippen molar-refractivity contribution in [1.82, 2.24) is 4.98 Å². The number of pyridine rings is 1. The summed E-state index contributed by atoms with van der Waals surface area (Å²) in [5, 5.41) is 2.94. The number of nitrogens with zero attached hydrogens (tertiary/aromatic N) is 1. The second-order valence-corrected chi connectivity index (χ2v) is 1.72. The molecule has 0 bridgehead atoms. The molecular weight excluding hydrogens is 185 g/mol. The monoisotopic (exact) mass is 195 g/mol. The minimum Gasteiger partial charge on any atom is -0.387 e. The Hall–Kier alpha value is -0.670. The number of rotatable bonds is 1. The van der Waals surface area contributed by atoms with Crippen LogP contribution >= 0.6 is 24.8 Å². The first-order chi connectivity index (χ1) is 4.33. The first kappa shape index (κ1) is 13.0. The number of anilines is 2. The van der Waals surface area contributed by atoms with Crippen LogP contribution in [-0.4, -0.2) is 12.0 Å². The van der Waals surface area contributed by atoms with E-state index in [4.69, 9.17) is 5.73 Å². The molecule has 0 aliphatic carbocycles. The van der Waals surface area contributed by atoms with Crippen molar-refractivity contribution in [3.8, 4) is 0 Å². The summed E-state index contributed by atoms with van der Waals surface area (Å²) in [5.41, 5.74) is 6.32. The van der Waals surface area contributed by atoms with Crippen LogP contribution in [0.4, 0.5) is 11.5 Å². The van der Waals surface area contributed by atoms with E-state index in [1.54, 1.807) is 12.3 Å². The van der Waals surface area contributed by atoms with Crippen LogP contribution < -0.4 is 11.1 Å². The third-order valence-electron chi connectivity index (χ3n) is 1.08. The van der Waals surface area contributed by atoms with E-state index in [0.29, 0.717) is 5.82 Å². The highest BCUT2D eigenvalue weighted by Crippen LogP contribution is 2.04. The number of aromatic nitrogens is 1. The highest BCUT2D eigenvalue weighted by Gasteiger charge is 1.85. The zero-order valence-electron chi connectivity index (χ0n) is 6.07. The van der Waals surface area contributed by atoms with Crippen LogP contribution in [0.2, 0.25) is 0 Å². The number of hydrogen-bond donors (Lipinski definition) is 2. The van der Waals surface area contributed by atoms with Crippen molar-refractivity contribution >= 4 is 36.3 Å². The van der Waals surface area contributed by atoms with Gasteiger partial charge < -0.3 is 11.1 Å². The van der Waals surface area contributed by atoms with Gasteiger partial charge in [-0.1, -0.05) is 0 Å². The van der Waals surface area contributed by atoms with Gasteiger partial charge in [0.15, 0.2) is 0 Å². The Labute approximate surface area is 78.2 Å². The van der Waals surface area contributed by atoms with Gasteiger partial charge in [0.25, 0.3) is 0 Å². The summed E-state index contributed by atoms with van der Waals surface area (Å²) in [6.45, 7) is 0. The molecule has 0 spiro atoms. The molecule has 0 saturated heterocycles. The van der Waals surface area contributed by atoms with Crippen LogP contribution in [0.3, 0.4) is 0 Å². The normalized spacial score (nSPS) is 7.36. The Morgan fingerprint density at radius 2 is 2.00 bits per heavy atom. The van der Waals surface area contributed by atoms with Crippen LogP contribution in [0, 0.1) is 0 Å². The predicted octanol–water partition coefficient (Wildman–Crippen LogP) is 1.55. The van der Waals surface area contributed by atoms with Gasteiger partial charge in [0, 0.05) is 7.05 Å². The van der Waals surface area contributed by atoms with Crippen molar-refractivity contribution in [2.45, 2.75) is 0 Å². The highest BCUT2D eigenvalue weighted by atomic mass is 35.5. The van der Waals surface area contributed by atoms with E-state index in [1.807, 2.05) is 13.1 Å². The molecule has 1 aromatic rings. The summed E-state index contributed by atoms with van der Waals surface area (Å²) in [4.78, 5) is 3.87. The fourth-order valence-electron chi connectivity index (χ4n) is 0.553. The quantitative estimate of drug-likeness (QED) is 0.716. The van der Waals surface area contributed by atoms with Gasteiger partial charge in [-0.15, -0.1) is 24.8 Å². The van der Waals surface area contributed by atoms with Gasteiger partial charge in [-0.2, -0.15) is 0 Å². The van der Waals surface area contributed by atoms with E-state index < -0.39 is 0 Å². The molecule has 1 heterocycles. The summed E-state index contributed by atoms with van der Waals surface area (Å²) in [5.74, 6) is 0.550. The summed E-state index contributed by atoms with van der Waals surface area (Å²) in [6, 6.07) is 3.63. The Bertz CT molecular complexity index is 188. The van der Waals surface area contributed by atoms with Crippen molar-refractivity contribution in [3.63, 3.8) is 0 Å².